The molecule has 2 rings (SSSR count). The van der Waals surface area contributed by atoms with Gasteiger partial charge in [-0.25, -0.2) is 9.18 Å². The lowest BCUT2D eigenvalue weighted by atomic mass is 10.0. The van der Waals surface area contributed by atoms with Gasteiger partial charge in [-0.15, -0.1) is 0 Å². The van der Waals surface area contributed by atoms with Gasteiger partial charge in [0, 0.05) is 6.54 Å². The second-order valence-corrected chi connectivity index (χ2v) is 3.36. The lowest BCUT2D eigenvalue weighted by molar-refractivity contribution is 0.247. The van der Waals surface area contributed by atoms with E-state index in [1.807, 2.05) is 6.07 Å². The highest BCUT2D eigenvalue weighted by Gasteiger charge is 2.23. The Kier molecular flexibility index (Phi) is 2.11. The topological polar surface area (TPSA) is 41.1 Å². The molecule has 0 bridgehead atoms. The molecule has 2 N–H and O–H groups in total. The second kappa shape index (κ2) is 3.29. The molecule has 1 aliphatic rings. The van der Waals surface area contributed by atoms with Gasteiger partial charge >= 0.3 is 6.03 Å². The quantitative estimate of drug-likeness (QED) is 0.698. The summed E-state index contributed by atoms with van der Waals surface area (Å²) < 4.78 is 13.2. The summed E-state index contributed by atoms with van der Waals surface area (Å²) in [6.07, 6.45) is 0. The zero-order chi connectivity index (χ0) is 10.1. The Bertz CT molecular complexity index is 378. The molecule has 1 fully saturated rings. The first-order valence-electron chi connectivity index (χ1n) is 4.48. The minimum absolute atomic E-state index is 0.113. The van der Waals surface area contributed by atoms with Crippen LogP contribution >= 0.6 is 0 Å². The van der Waals surface area contributed by atoms with Gasteiger partial charge in [0.1, 0.15) is 5.82 Å². The molecule has 1 saturated heterocycles. The van der Waals surface area contributed by atoms with Crippen LogP contribution in [-0.2, 0) is 0 Å². The third-order valence-electron chi connectivity index (χ3n) is 2.46. The molecule has 0 radical (unpaired) electrons. The predicted molar refractivity (Wildman–Crippen MR) is 50.4 cm³/mol. The van der Waals surface area contributed by atoms with Crippen LogP contribution in [0.25, 0.3) is 0 Å². The van der Waals surface area contributed by atoms with Crippen LogP contribution in [0, 0.1) is 12.7 Å². The summed E-state index contributed by atoms with van der Waals surface area (Å²) in [4.78, 5) is 10.9. The van der Waals surface area contributed by atoms with Crippen LogP contribution in [0.2, 0.25) is 0 Å². The summed E-state index contributed by atoms with van der Waals surface area (Å²) in [5, 5.41) is 5.36. The number of carbonyl (C=O) groups is 1. The third kappa shape index (κ3) is 1.43. The summed E-state index contributed by atoms with van der Waals surface area (Å²) in [5.41, 5.74) is 1.44. The number of benzene rings is 1. The Morgan fingerprint density at radius 1 is 1.50 bits per heavy atom. The van der Waals surface area contributed by atoms with Gasteiger partial charge in [-0.2, -0.15) is 0 Å². The molecular formula is C10H11FN2O. The lowest BCUT2D eigenvalue weighted by Crippen LogP contribution is -2.22. The van der Waals surface area contributed by atoms with Crippen molar-refractivity contribution < 1.29 is 9.18 Å². The van der Waals surface area contributed by atoms with Crippen LogP contribution < -0.4 is 10.6 Å². The molecule has 0 saturated carbocycles. The van der Waals surface area contributed by atoms with Crippen molar-refractivity contribution in [1.82, 2.24) is 10.6 Å². The third-order valence-corrected chi connectivity index (χ3v) is 2.46. The van der Waals surface area contributed by atoms with E-state index in [0.29, 0.717) is 12.1 Å². The maximum Gasteiger partial charge on any atom is 0.315 e. The molecule has 4 heteroatoms. The van der Waals surface area contributed by atoms with Gasteiger partial charge in [-0.3, -0.25) is 0 Å². The molecule has 3 nitrogen and oxygen atoms in total. The molecule has 14 heavy (non-hydrogen) atoms. The van der Waals surface area contributed by atoms with Crippen LogP contribution in [-0.4, -0.2) is 12.6 Å². The number of rotatable bonds is 1. The first-order valence-corrected chi connectivity index (χ1v) is 4.48. The van der Waals surface area contributed by atoms with E-state index in [2.05, 4.69) is 10.6 Å². The molecule has 0 unspecified atom stereocenters. The van der Waals surface area contributed by atoms with Crippen LogP contribution in [0.5, 0.6) is 0 Å². The van der Waals surface area contributed by atoms with Crippen molar-refractivity contribution in [2.24, 2.45) is 0 Å². The van der Waals surface area contributed by atoms with Gasteiger partial charge in [0.05, 0.1) is 6.04 Å². The summed E-state index contributed by atoms with van der Waals surface area (Å²) in [7, 11) is 0. The highest BCUT2D eigenvalue weighted by atomic mass is 19.1. The van der Waals surface area contributed by atoms with Crippen molar-refractivity contribution in [3.05, 3.63) is 35.1 Å². The molecule has 1 aromatic carbocycles. The molecule has 2 amide bonds. The fourth-order valence-electron chi connectivity index (χ4n) is 1.64. The summed E-state index contributed by atoms with van der Waals surface area (Å²) in [6, 6.07) is 4.60. The summed E-state index contributed by atoms with van der Waals surface area (Å²) >= 11 is 0. The number of amides is 2. The Labute approximate surface area is 81.3 Å². The number of hydrogen-bond donors (Lipinski definition) is 2. The van der Waals surface area contributed by atoms with Crippen molar-refractivity contribution in [1.29, 1.82) is 0 Å². The summed E-state index contributed by atoms with van der Waals surface area (Å²) in [6.45, 7) is 2.23. The van der Waals surface area contributed by atoms with E-state index in [0.717, 1.165) is 5.56 Å². The molecule has 0 spiro atoms. The lowest BCUT2D eigenvalue weighted by Gasteiger charge is -2.12. The Balaban J connectivity index is 2.32. The molecule has 1 aromatic rings. The second-order valence-electron chi connectivity index (χ2n) is 3.36. The van der Waals surface area contributed by atoms with E-state index in [9.17, 15) is 9.18 Å². The van der Waals surface area contributed by atoms with Gasteiger partial charge in [-0.1, -0.05) is 12.1 Å². The molecule has 0 aromatic heterocycles. The molecule has 1 aliphatic heterocycles. The molecular weight excluding hydrogens is 183 g/mol. The fraction of sp³-hybridized carbons (Fsp3) is 0.300. The van der Waals surface area contributed by atoms with Crippen molar-refractivity contribution in [2.45, 2.75) is 13.0 Å². The Hall–Kier alpha value is -1.58. The van der Waals surface area contributed by atoms with Gasteiger partial charge in [0.2, 0.25) is 0 Å². The SMILES string of the molecule is Cc1c(F)cccc1[C@H]1CNC(=O)N1. The number of halogens is 1. The van der Waals surface area contributed by atoms with Crippen molar-refractivity contribution >= 4 is 6.03 Å². The molecule has 1 heterocycles. The number of carbonyl (C=O) groups excluding carboxylic acids is 1. The number of nitrogens with one attached hydrogen (secondary N) is 2. The average Bonchev–Trinajstić information content (AvgIpc) is 2.57. The van der Waals surface area contributed by atoms with E-state index in [4.69, 9.17) is 0 Å². The van der Waals surface area contributed by atoms with Gasteiger partial charge < -0.3 is 10.6 Å². The minimum Gasteiger partial charge on any atom is -0.336 e. The Morgan fingerprint density at radius 2 is 2.29 bits per heavy atom. The van der Waals surface area contributed by atoms with E-state index in [1.165, 1.54) is 6.07 Å². The maximum atomic E-state index is 13.2. The Morgan fingerprint density at radius 3 is 2.93 bits per heavy atom. The molecule has 0 aliphatic carbocycles. The smallest absolute Gasteiger partial charge is 0.315 e. The van der Waals surface area contributed by atoms with Crippen LogP contribution in [0.4, 0.5) is 9.18 Å². The largest absolute Gasteiger partial charge is 0.336 e. The molecule has 74 valence electrons. The zero-order valence-corrected chi connectivity index (χ0v) is 7.80. The number of hydrogen-bond acceptors (Lipinski definition) is 1. The first-order chi connectivity index (χ1) is 6.68. The van der Waals surface area contributed by atoms with Crippen molar-refractivity contribution in [3.63, 3.8) is 0 Å². The van der Waals surface area contributed by atoms with Crippen LogP contribution in [0.1, 0.15) is 17.2 Å². The van der Waals surface area contributed by atoms with Crippen molar-refractivity contribution in [3.8, 4) is 0 Å². The monoisotopic (exact) mass is 194 g/mol. The zero-order valence-electron chi connectivity index (χ0n) is 7.80. The van der Waals surface area contributed by atoms with Crippen LogP contribution in [0.15, 0.2) is 18.2 Å². The van der Waals surface area contributed by atoms with E-state index in [-0.39, 0.29) is 17.9 Å². The average molecular weight is 194 g/mol. The predicted octanol–water partition coefficient (Wildman–Crippen LogP) is 1.49. The van der Waals surface area contributed by atoms with E-state index < -0.39 is 0 Å². The van der Waals surface area contributed by atoms with Gasteiger partial charge in [-0.05, 0) is 24.1 Å². The van der Waals surface area contributed by atoms with Crippen LogP contribution in [0.3, 0.4) is 0 Å². The molecule has 1 atom stereocenters. The fourth-order valence-corrected chi connectivity index (χ4v) is 1.64. The number of urea groups is 1. The normalized spacial score (nSPS) is 20.4. The van der Waals surface area contributed by atoms with Gasteiger partial charge in [0.15, 0.2) is 0 Å². The first kappa shape index (κ1) is 8.99. The van der Waals surface area contributed by atoms with Crippen molar-refractivity contribution in [2.75, 3.05) is 6.54 Å². The highest BCUT2D eigenvalue weighted by Crippen LogP contribution is 2.21. The van der Waals surface area contributed by atoms with Gasteiger partial charge in [0.25, 0.3) is 0 Å². The maximum absolute atomic E-state index is 13.2. The minimum atomic E-state index is -0.233. The van der Waals surface area contributed by atoms with E-state index >= 15 is 0 Å². The van der Waals surface area contributed by atoms with E-state index in [1.54, 1.807) is 13.0 Å². The standard InChI is InChI=1S/C10H11FN2O/c1-6-7(3-2-4-8(6)11)9-5-12-10(14)13-9/h2-4,9H,5H2,1H3,(H2,12,13,14)/t9-/m1/s1. The summed E-state index contributed by atoms with van der Waals surface area (Å²) in [5.74, 6) is -0.233. The highest BCUT2D eigenvalue weighted by molar-refractivity contribution is 5.77.